The van der Waals surface area contributed by atoms with E-state index in [1.54, 1.807) is 7.11 Å². The van der Waals surface area contributed by atoms with Crippen LogP contribution in [0.1, 0.15) is 36.0 Å². The van der Waals surface area contributed by atoms with Crippen LogP contribution in [0.5, 0.6) is 5.75 Å². The third kappa shape index (κ3) is 4.15. The van der Waals surface area contributed by atoms with E-state index in [9.17, 15) is 0 Å². The molecule has 3 rings (SSSR count). The summed E-state index contributed by atoms with van der Waals surface area (Å²) in [5, 5.41) is 3.58. The number of methoxy groups -OCH3 is 1. The van der Waals surface area contributed by atoms with Crippen molar-refractivity contribution >= 4 is 0 Å². The van der Waals surface area contributed by atoms with Gasteiger partial charge in [-0.05, 0) is 62.7 Å². The Morgan fingerprint density at radius 2 is 2.04 bits per heavy atom. The zero-order chi connectivity index (χ0) is 16.1. The van der Waals surface area contributed by atoms with Gasteiger partial charge in [0.15, 0.2) is 0 Å². The molecule has 1 atom stereocenters. The Bertz CT molecular complexity index is 617. The summed E-state index contributed by atoms with van der Waals surface area (Å²) in [6, 6.07) is 12.7. The number of furan rings is 1. The quantitative estimate of drug-likeness (QED) is 0.848. The number of likely N-dealkylation sites (tertiary alicyclic amines) is 1. The van der Waals surface area contributed by atoms with Crippen LogP contribution < -0.4 is 10.1 Å². The first-order valence-corrected chi connectivity index (χ1v) is 8.40. The number of hydrogen-bond acceptors (Lipinski definition) is 4. The molecule has 23 heavy (non-hydrogen) atoms. The number of nitrogens with zero attached hydrogens (tertiary/aromatic N) is 1. The van der Waals surface area contributed by atoms with Crippen molar-refractivity contribution in [1.82, 2.24) is 10.2 Å². The van der Waals surface area contributed by atoms with E-state index in [4.69, 9.17) is 9.15 Å². The molecule has 1 aromatic heterocycles. The SMILES string of the molecule is COc1cccc(CNCC(c2ccc(C)o2)N2CCCC2)c1. The molecular weight excluding hydrogens is 288 g/mol. The maximum Gasteiger partial charge on any atom is 0.122 e. The van der Waals surface area contributed by atoms with Crippen LogP contribution in [0.25, 0.3) is 0 Å². The Morgan fingerprint density at radius 3 is 2.74 bits per heavy atom. The summed E-state index contributed by atoms with van der Waals surface area (Å²) in [7, 11) is 1.70. The van der Waals surface area contributed by atoms with Gasteiger partial charge in [0.05, 0.1) is 13.2 Å². The fourth-order valence-corrected chi connectivity index (χ4v) is 3.23. The number of rotatable bonds is 7. The standard InChI is InChI=1S/C19H26N2O2/c1-15-8-9-19(23-15)18(21-10-3-4-11-21)14-20-13-16-6-5-7-17(12-16)22-2/h5-9,12,18,20H,3-4,10-11,13-14H2,1-2H3. The molecule has 1 fully saturated rings. The molecule has 1 unspecified atom stereocenters. The van der Waals surface area contributed by atoms with Gasteiger partial charge in [0, 0.05) is 13.1 Å². The van der Waals surface area contributed by atoms with Gasteiger partial charge in [-0.25, -0.2) is 0 Å². The summed E-state index contributed by atoms with van der Waals surface area (Å²) in [4.78, 5) is 2.52. The Balaban J connectivity index is 1.62. The summed E-state index contributed by atoms with van der Waals surface area (Å²) < 4.78 is 11.2. The molecule has 0 spiro atoms. The highest BCUT2D eigenvalue weighted by atomic mass is 16.5. The van der Waals surface area contributed by atoms with Crippen molar-refractivity contribution in [3.05, 3.63) is 53.5 Å². The van der Waals surface area contributed by atoms with E-state index in [2.05, 4.69) is 34.5 Å². The molecule has 4 heteroatoms. The normalized spacial score (nSPS) is 16.6. The largest absolute Gasteiger partial charge is 0.497 e. The minimum Gasteiger partial charge on any atom is -0.497 e. The van der Waals surface area contributed by atoms with Crippen molar-refractivity contribution in [2.45, 2.75) is 32.4 Å². The lowest BCUT2D eigenvalue weighted by atomic mass is 10.1. The predicted molar refractivity (Wildman–Crippen MR) is 91.7 cm³/mol. The first kappa shape index (κ1) is 16.1. The van der Waals surface area contributed by atoms with Crippen LogP contribution in [-0.4, -0.2) is 31.6 Å². The molecule has 2 heterocycles. The second-order valence-electron chi connectivity index (χ2n) is 6.19. The maximum atomic E-state index is 5.90. The summed E-state index contributed by atoms with van der Waals surface area (Å²) in [6.45, 7) is 6.05. The highest BCUT2D eigenvalue weighted by molar-refractivity contribution is 5.28. The summed E-state index contributed by atoms with van der Waals surface area (Å²) in [6.07, 6.45) is 2.57. The first-order chi connectivity index (χ1) is 11.3. The van der Waals surface area contributed by atoms with E-state index in [1.807, 2.05) is 19.1 Å². The van der Waals surface area contributed by atoms with Crippen molar-refractivity contribution in [2.24, 2.45) is 0 Å². The van der Waals surface area contributed by atoms with E-state index in [0.29, 0.717) is 6.04 Å². The highest BCUT2D eigenvalue weighted by Crippen LogP contribution is 2.26. The van der Waals surface area contributed by atoms with Gasteiger partial charge in [-0.2, -0.15) is 0 Å². The number of ether oxygens (including phenoxy) is 1. The lowest BCUT2D eigenvalue weighted by Crippen LogP contribution is -2.33. The predicted octanol–water partition coefficient (Wildman–Crippen LogP) is 3.52. The Hall–Kier alpha value is -1.78. The van der Waals surface area contributed by atoms with Gasteiger partial charge in [0.25, 0.3) is 0 Å². The van der Waals surface area contributed by atoms with Crippen LogP contribution in [0.2, 0.25) is 0 Å². The molecule has 2 aromatic rings. The van der Waals surface area contributed by atoms with Crippen molar-refractivity contribution in [1.29, 1.82) is 0 Å². The molecule has 124 valence electrons. The summed E-state index contributed by atoms with van der Waals surface area (Å²) in [5.41, 5.74) is 1.24. The minimum atomic E-state index is 0.316. The molecule has 1 aliphatic rings. The van der Waals surface area contributed by atoms with E-state index < -0.39 is 0 Å². The van der Waals surface area contributed by atoms with Crippen LogP contribution in [0.15, 0.2) is 40.8 Å². The zero-order valence-corrected chi connectivity index (χ0v) is 14.0. The minimum absolute atomic E-state index is 0.316. The van der Waals surface area contributed by atoms with Crippen molar-refractivity contribution in [2.75, 3.05) is 26.7 Å². The van der Waals surface area contributed by atoms with Gasteiger partial charge >= 0.3 is 0 Å². The zero-order valence-electron chi connectivity index (χ0n) is 14.0. The molecular formula is C19H26N2O2. The van der Waals surface area contributed by atoms with Crippen LogP contribution in [0.4, 0.5) is 0 Å². The summed E-state index contributed by atoms with van der Waals surface area (Å²) >= 11 is 0. The van der Waals surface area contributed by atoms with Gasteiger partial charge in [0.2, 0.25) is 0 Å². The highest BCUT2D eigenvalue weighted by Gasteiger charge is 2.25. The van der Waals surface area contributed by atoms with E-state index >= 15 is 0 Å². The van der Waals surface area contributed by atoms with E-state index in [0.717, 1.165) is 43.4 Å². The lowest BCUT2D eigenvalue weighted by Gasteiger charge is -2.26. The Kier molecular flexibility index (Phi) is 5.36. The molecule has 1 saturated heterocycles. The second kappa shape index (κ2) is 7.66. The lowest BCUT2D eigenvalue weighted by molar-refractivity contribution is 0.207. The topological polar surface area (TPSA) is 37.6 Å². The van der Waals surface area contributed by atoms with Gasteiger partial charge in [-0.1, -0.05) is 12.1 Å². The Labute approximate surface area is 138 Å². The van der Waals surface area contributed by atoms with E-state index in [1.165, 1.54) is 18.4 Å². The van der Waals surface area contributed by atoms with Crippen LogP contribution in [-0.2, 0) is 6.54 Å². The molecule has 1 aromatic carbocycles. The fraction of sp³-hybridized carbons (Fsp3) is 0.474. The van der Waals surface area contributed by atoms with Crippen molar-refractivity contribution < 1.29 is 9.15 Å². The number of benzene rings is 1. The molecule has 1 N–H and O–H groups in total. The molecule has 0 radical (unpaired) electrons. The molecule has 1 aliphatic heterocycles. The fourth-order valence-electron chi connectivity index (χ4n) is 3.23. The third-order valence-corrected chi connectivity index (χ3v) is 4.47. The smallest absolute Gasteiger partial charge is 0.122 e. The third-order valence-electron chi connectivity index (χ3n) is 4.47. The monoisotopic (exact) mass is 314 g/mol. The van der Waals surface area contributed by atoms with Crippen LogP contribution in [0, 0.1) is 6.92 Å². The van der Waals surface area contributed by atoms with Gasteiger partial charge < -0.3 is 14.5 Å². The average Bonchev–Trinajstić information content (AvgIpc) is 3.24. The maximum absolute atomic E-state index is 5.90. The summed E-state index contributed by atoms with van der Waals surface area (Å²) in [5.74, 6) is 2.96. The van der Waals surface area contributed by atoms with Crippen LogP contribution >= 0.6 is 0 Å². The second-order valence-corrected chi connectivity index (χ2v) is 6.19. The molecule has 0 aliphatic carbocycles. The van der Waals surface area contributed by atoms with E-state index in [-0.39, 0.29) is 0 Å². The molecule has 4 nitrogen and oxygen atoms in total. The number of nitrogens with one attached hydrogen (secondary N) is 1. The molecule has 0 bridgehead atoms. The van der Waals surface area contributed by atoms with Crippen molar-refractivity contribution in [3.8, 4) is 5.75 Å². The first-order valence-electron chi connectivity index (χ1n) is 8.40. The van der Waals surface area contributed by atoms with Gasteiger partial charge in [-0.15, -0.1) is 0 Å². The van der Waals surface area contributed by atoms with Crippen molar-refractivity contribution in [3.63, 3.8) is 0 Å². The Morgan fingerprint density at radius 1 is 1.22 bits per heavy atom. The average molecular weight is 314 g/mol. The number of hydrogen-bond donors (Lipinski definition) is 1. The molecule has 0 saturated carbocycles. The number of aryl methyl sites for hydroxylation is 1. The van der Waals surface area contributed by atoms with Crippen LogP contribution in [0.3, 0.4) is 0 Å². The van der Waals surface area contributed by atoms with Gasteiger partial charge in [0.1, 0.15) is 17.3 Å². The van der Waals surface area contributed by atoms with Gasteiger partial charge in [-0.3, -0.25) is 4.90 Å². The molecule has 0 amide bonds.